The van der Waals surface area contributed by atoms with Gasteiger partial charge in [0.25, 0.3) is 0 Å². The first-order valence-corrected chi connectivity index (χ1v) is 13.3. The molecule has 1 aliphatic rings. The van der Waals surface area contributed by atoms with Gasteiger partial charge in [-0.25, -0.2) is 0 Å². The molecule has 0 saturated heterocycles. The van der Waals surface area contributed by atoms with Crippen LogP contribution >= 0.6 is 0 Å². The van der Waals surface area contributed by atoms with Crippen molar-refractivity contribution in [1.29, 1.82) is 0 Å². The van der Waals surface area contributed by atoms with Gasteiger partial charge in [0, 0.05) is 29.3 Å². The normalized spacial score (nSPS) is 18.7. The molecule has 1 fully saturated rings. The lowest BCUT2D eigenvalue weighted by molar-refractivity contribution is 0.255. The number of para-hydroxylation sites is 1. The van der Waals surface area contributed by atoms with Crippen LogP contribution in [0.2, 0.25) is 0 Å². The summed E-state index contributed by atoms with van der Waals surface area (Å²) < 4.78 is 0. The first kappa shape index (κ1) is 24.4. The van der Waals surface area contributed by atoms with Crippen LogP contribution in [0.25, 0.3) is 10.9 Å². The highest BCUT2D eigenvalue weighted by atomic mass is 14.9. The van der Waals surface area contributed by atoms with E-state index in [-0.39, 0.29) is 0 Å². The summed E-state index contributed by atoms with van der Waals surface area (Å²) in [4.78, 5) is 3.39. The minimum absolute atomic E-state index is 0.409. The van der Waals surface area contributed by atoms with Crippen LogP contribution in [-0.2, 0) is 6.42 Å². The average Bonchev–Trinajstić information content (AvgIpc) is 3.24. The van der Waals surface area contributed by atoms with Crippen LogP contribution in [0.1, 0.15) is 82.3 Å². The van der Waals surface area contributed by atoms with Gasteiger partial charge in [-0.1, -0.05) is 101 Å². The summed E-state index contributed by atoms with van der Waals surface area (Å²) in [5, 5.41) is 5.01. The molecule has 0 bridgehead atoms. The smallest absolute Gasteiger partial charge is 0.0456 e. The number of benzene rings is 1. The number of aromatic nitrogens is 1. The number of anilines is 1. The third-order valence-corrected chi connectivity index (χ3v) is 7.43. The molecule has 2 nitrogen and oxygen atoms in total. The van der Waals surface area contributed by atoms with Gasteiger partial charge in [0.2, 0.25) is 0 Å². The molecule has 0 aliphatic heterocycles. The van der Waals surface area contributed by atoms with Crippen LogP contribution in [0.3, 0.4) is 0 Å². The molecule has 1 aromatic heterocycles. The monoisotopic (exact) mass is 454 g/mol. The average molecular weight is 455 g/mol. The second-order valence-corrected chi connectivity index (χ2v) is 10.8. The fourth-order valence-corrected chi connectivity index (χ4v) is 5.50. The molecular weight excluding hydrogens is 412 g/mol. The van der Waals surface area contributed by atoms with E-state index in [1.807, 2.05) is 0 Å². The summed E-state index contributed by atoms with van der Waals surface area (Å²) in [5.41, 5.74) is 5.65. The van der Waals surface area contributed by atoms with Crippen LogP contribution in [-0.4, -0.2) is 11.5 Å². The van der Waals surface area contributed by atoms with Crippen molar-refractivity contribution < 1.29 is 0 Å². The van der Waals surface area contributed by atoms with Crippen molar-refractivity contribution in [2.45, 2.75) is 77.6 Å². The van der Waals surface area contributed by atoms with Crippen LogP contribution in [0.4, 0.5) is 5.69 Å². The molecular formula is C32H42N2. The Kier molecular flexibility index (Phi) is 8.68. The lowest BCUT2D eigenvalue weighted by Gasteiger charge is -2.31. The van der Waals surface area contributed by atoms with Crippen LogP contribution in [0.5, 0.6) is 0 Å². The predicted molar refractivity (Wildman–Crippen MR) is 148 cm³/mol. The highest BCUT2D eigenvalue weighted by molar-refractivity contribution is 5.83. The maximum absolute atomic E-state index is 3.68. The molecule has 0 radical (unpaired) electrons. The largest absolute Gasteiger partial charge is 0.385 e. The van der Waals surface area contributed by atoms with Crippen LogP contribution in [0.15, 0.2) is 79.0 Å². The standard InChI is InChI=1S/C32H42N2/c1-32(2)22-13-7-3-4-9-15-27(24-32)26-14-8-5-6-10-16-29(20-19-26)33-23-21-28-25-34-31-18-12-11-17-30(28)31/h5-6,8,10-12,14,16-20,25,27,33-34H,3-4,7,9,13,15,21-24H2,1-2H3. The molecule has 34 heavy (non-hydrogen) atoms. The predicted octanol–water partition coefficient (Wildman–Crippen LogP) is 9.19. The highest BCUT2D eigenvalue weighted by Crippen LogP contribution is 2.39. The topological polar surface area (TPSA) is 27.8 Å². The van der Waals surface area contributed by atoms with Crippen molar-refractivity contribution >= 4 is 16.6 Å². The third-order valence-electron chi connectivity index (χ3n) is 7.43. The lowest BCUT2D eigenvalue weighted by atomic mass is 9.74. The minimum atomic E-state index is 0.409. The Morgan fingerprint density at radius 3 is 2.50 bits per heavy atom. The number of nitrogens with one attached hydrogen (secondary N) is 2. The second kappa shape index (κ2) is 12.1. The SMILES string of the molecule is CC1(C)CCCCCCCC(c2ccccccc(NCCc3c[nH]c4ccccc34)cc2)C1. The summed E-state index contributed by atoms with van der Waals surface area (Å²) in [6, 6.07) is 26.4. The van der Waals surface area contributed by atoms with Gasteiger partial charge in [0.1, 0.15) is 0 Å². The van der Waals surface area contributed by atoms with E-state index >= 15 is 0 Å². The fourth-order valence-electron chi connectivity index (χ4n) is 5.50. The highest BCUT2D eigenvalue weighted by Gasteiger charge is 2.24. The van der Waals surface area contributed by atoms with E-state index < -0.39 is 0 Å². The maximum Gasteiger partial charge on any atom is 0.0456 e. The van der Waals surface area contributed by atoms with Gasteiger partial charge in [-0.2, -0.15) is 0 Å². The maximum atomic E-state index is 3.68. The van der Waals surface area contributed by atoms with Gasteiger partial charge in [0.05, 0.1) is 0 Å². The first-order valence-electron chi connectivity index (χ1n) is 13.3. The molecule has 3 aromatic rings. The number of fused-ring (bicyclic) bond motifs is 1. The van der Waals surface area contributed by atoms with Crippen molar-refractivity contribution in [3.8, 4) is 0 Å². The lowest BCUT2D eigenvalue weighted by Crippen LogP contribution is -2.17. The van der Waals surface area contributed by atoms with Gasteiger partial charge < -0.3 is 10.3 Å². The molecule has 180 valence electrons. The summed E-state index contributed by atoms with van der Waals surface area (Å²) in [6.07, 6.45) is 14.0. The number of H-pyrrole nitrogens is 1. The summed E-state index contributed by atoms with van der Waals surface area (Å²) >= 11 is 0. The molecule has 1 heterocycles. The Balaban J connectivity index is 1.51. The molecule has 2 heteroatoms. The van der Waals surface area contributed by atoms with E-state index in [9.17, 15) is 0 Å². The van der Waals surface area contributed by atoms with E-state index in [2.05, 4.69) is 103 Å². The molecule has 2 aromatic carbocycles. The molecule has 1 unspecified atom stereocenters. The zero-order valence-corrected chi connectivity index (χ0v) is 21.2. The Bertz CT molecular complexity index is 1090. The first-order chi connectivity index (χ1) is 16.6. The van der Waals surface area contributed by atoms with Crippen molar-refractivity contribution in [2.24, 2.45) is 5.41 Å². The fraction of sp³-hybridized carbons (Fsp3) is 0.438. The molecule has 0 spiro atoms. The van der Waals surface area contributed by atoms with Crippen LogP contribution in [0, 0.1) is 5.41 Å². The molecule has 1 atom stereocenters. The van der Waals surface area contributed by atoms with E-state index in [0.29, 0.717) is 11.3 Å². The summed E-state index contributed by atoms with van der Waals surface area (Å²) in [6.45, 7) is 5.86. The van der Waals surface area contributed by atoms with Crippen molar-refractivity contribution in [1.82, 2.24) is 4.98 Å². The minimum Gasteiger partial charge on any atom is -0.385 e. The van der Waals surface area contributed by atoms with Crippen LogP contribution < -0.4 is 5.32 Å². The van der Waals surface area contributed by atoms with E-state index in [0.717, 1.165) is 13.0 Å². The Morgan fingerprint density at radius 1 is 0.824 bits per heavy atom. The Labute approximate surface area is 206 Å². The number of rotatable bonds is 5. The van der Waals surface area contributed by atoms with Gasteiger partial charge in [0.15, 0.2) is 0 Å². The molecule has 1 saturated carbocycles. The zero-order chi connectivity index (χ0) is 23.6. The Hall–Kier alpha value is -2.74. The van der Waals surface area contributed by atoms with Gasteiger partial charge in [-0.05, 0) is 66.3 Å². The molecule has 0 amide bonds. The van der Waals surface area contributed by atoms with Crippen molar-refractivity contribution in [3.05, 3.63) is 90.1 Å². The Morgan fingerprint density at radius 2 is 1.59 bits per heavy atom. The van der Waals surface area contributed by atoms with Gasteiger partial charge >= 0.3 is 0 Å². The second-order valence-electron chi connectivity index (χ2n) is 10.8. The van der Waals surface area contributed by atoms with E-state index in [1.165, 1.54) is 79.1 Å². The summed E-state index contributed by atoms with van der Waals surface area (Å²) in [7, 11) is 0. The quantitative estimate of drug-likeness (QED) is 0.395. The molecule has 1 aliphatic carbocycles. The third kappa shape index (κ3) is 7.13. The van der Waals surface area contributed by atoms with Gasteiger partial charge in [-0.3, -0.25) is 0 Å². The van der Waals surface area contributed by atoms with Crippen molar-refractivity contribution in [3.63, 3.8) is 0 Å². The zero-order valence-electron chi connectivity index (χ0n) is 21.2. The number of hydrogen-bond acceptors (Lipinski definition) is 1. The number of hydrogen-bond donors (Lipinski definition) is 2. The van der Waals surface area contributed by atoms with E-state index in [4.69, 9.17) is 0 Å². The van der Waals surface area contributed by atoms with Gasteiger partial charge in [-0.15, -0.1) is 0 Å². The van der Waals surface area contributed by atoms with Crippen molar-refractivity contribution in [2.75, 3.05) is 11.9 Å². The molecule has 2 N–H and O–H groups in total. The summed E-state index contributed by atoms with van der Waals surface area (Å²) in [5.74, 6) is 0.630. The van der Waals surface area contributed by atoms with E-state index in [1.54, 1.807) is 0 Å². The number of aromatic amines is 1. The molecule has 4 rings (SSSR count).